The van der Waals surface area contributed by atoms with E-state index in [4.69, 9.17) is 0 Å². The number of benzene rings is 1. The van der Waals surface area contributed by atoms with Gasteiger partial charge in [-0.15, -0.1) is 0 Å². The van der Waals surface area contributed by atoms with Crippen molar-refractivity contribution in [2.45, 2.75) is 33.1 Å². The largest absolute Gasteiger partial charge is 0.469 e. The summed E-state index contributed by atoms with van der Waals surface area (Å²) in [6, 6.07) is 12.0. The van der Waals surface area contributed by atoms with Gasteiger partial charge in [-0.05, 0) is 39.5 Å². The summed E-state index contributed by atoms with van der Waals surface area (Å²) in [5.74, 6) is -0.0976. The molecular weight excluding hydrogens is 264 g/mol. The molecule has 122 valence electrons. The van der Waals surface area contributed by atoms with Gasteiger partial charge in [0.1, 0.15) is 0 Å². The Kier molecular flexibility index (Phi) is 19.4. The topological polar surface area (TPSA) is 55.6 Å². The third-order valence-electron chi connectivity index (χ3n) is 2.89. The van der Waals surface area contributed by atoms with Crippen LogP contribution in [0.4, 0.5) is 0 Å². The smallest absolute Gasteiger partial charge is 0.305 e. The van der Waals surface area contributed by atoms with Crippen LogP contribution in [-0.2, 0) is 9.53 Å². The Bertz CT molecular complexity index is 274. The van der Waals surface area contributed by atoms with Gasteiger partial charge < -0.3 is 15.4 Å². The number of ether oxygens (including phenoxy) is 1. The minimum Gasteiger partial charge on any atom is -0.469 e. The maximum Gasteiger partial charge on any atom is 0.305 e. The molecule has 0 aliphatic rings. The van der Waals surface area contributed by atoms with Gasteiger partial charge in [-0.3, -0.25) is 4.79 Å². The number of hydrogen-bond donors (Lipinski definition) is 1. The minimum absolute atomic E-state index is 0.0976. The van der Waals surface area contributed by atoms with E-state index in [1.165, 1.54) is 14.2 Å². The number of carbonyl (C=O) groups is 1. The third-order valence-corrected chi connectivity index (χ3v) is 2.89. The van der Waals surface area contributed by atoms with Crippen molar-refractivity contribution in [2.24, 2.45) is 5.73 Å². The van der Waals surface area contributed by atoms with Gasteiger partial charge in [0.05, 0.1) is 7.11 Å². The molecule has 4 heteroatoms. The van der Waals surface area contributed by atoms with Gasteiger partial charge in [-0.25, -0.2) is 0 Å². The number of nitrogens with two attached hydrogens (primary N) is 1. The minimum atomic E-state index is -0.0976. The molecule has 0 aliphatic carbocycles. The Balaban J connectivity index is 0. The number of methoxy groups -OCH3 is 1. The zero-order valence-corrected chi connectivity index (χ0v) is 14.0. The van der Waals surface area contributed by atoms with E-state index >= 15 is 0 Å². The molecule has 1 aromatic rings. The molecule has 0 aromatic heterocycles. The first-order valence-corrected chi connectivity index (χ1v) is 7.61. The number of hydrogen-bond acceptors (Lipinski definition) is 4. The van der Waals surface area contributed by atoms with Crippen LogP contribution in [0.2, 0.25) is 0 Å². The molecule has 0 heterocycles. The molecule has 0 aliphatic heterocycles. The standard InChI is InChI=1S/C10H21NO2.C6H6.CH5N/c1-4-11(5-2)9-7-6-8-10(12)13-3;1-2-4-6-5-3-1;1-2/h4-9H2,1-3H3;1-6H;2H2,1H3. The molecular formula is C17H32N2O2. The highest BCUT2D eigenvalue weighted by atomic mass is 16.5. The van der Waals surface area contributed by atoms with Gasteiger partial charge in [0, 0.05) is 6.42 Å². The van der Waals surface area contributed by atoms with E-state index in [0.29, 0.717) is 6.42 Å². The summed E-state index contributed by atoms with van der Waals surface area (Å²) in [5, 5.41) is 0. The van der Waals surface area contributed by atoms with E-state index in [1.54, 1.807) is 0 Å². The number of esters is 1. The average molecular weight is 296 g/mol. The maximum absolute atomic E-state index is 10.8. The van der Waals surface area contributed by atoms with E-state index in [2.05, 4.69) is 29.2 Å². The van der Waals surface area contributed by atoms with Crippen LogP contribution in [0.3, 0.4) is 0 Å². The van der Waals surface area contributed by atoms with E-state index in [-0.39, 0.29) is 5.97 Å². The van der Waals surface area contributed by atoms with Gasteiger partial charge in [-0.2, -0.15) is 0 Å². The normalized spacial score (nSPS) is 9.05. The first-order valence-electron chi connectivity index (χ1n) is 7.61. The summed E-state index contributed by atoms with van der Waals surface area (Å²) in [5.41, 5.74) is 4.50. The lowest BCUT2D eigenvalue weighted by Gasteiger charge is -2.17. The van der Waals surface area contributed by atoms with Crippen LogP contribution in [0.1, 0.15) is 33.1 Å². The van der Waals surface area contributed by atoms with Crippen molar-refractivity contribution in [1.29, 1.82) is 0 Å². The molecule has 0 spiro atoms. The Morgan fingerprint density at radius 2 is 1.38 bits per heavy atom. The fourth-order valence-corrected chi connectivity index (χ4v) is 1.63. The second kappa shape index (κ2) is 18.6. The van der Waals surface area contributed by atoms with Gasteiger partial charge >= 0.3 is 5.97 Å². The second-order valence-corrected chi connectivity index (χ2v) is 4.21. The quantitative estimate of drug-likeness (QED) is 0.621. The monoisotopic (exact) mass is 296 g/mol. The predicted octanol–water partition coefficient (Wildman–Crippen LogP) is 2.93. The molecule has 0 saturated heterocycles. The molecule has 0 fully saturated rings. The highest BCUT2D eigenvalue weighted by molar-refractivity contribution is 5.68. The summed E-state index contributed by atoms with van der Waals surface area (Å²) >= 11 is 0. The van der Waals surface area contributed by atoms with Crippen molar-refractivity contribution < 1.29 is 9.53 Å². The van der Waals surface area contributed by atoms with Crippen LogP contribution in [-0.4, -0.2) is 44.7 Å². The summed E-state index contributed by atoms with van der Waals surface area (Å²) in [4.78, 5) is 13.1. The Labute approximate surface area is 130 Å². The van der Waals surface area contributed by atoms with Crippen LogP contribution in [0, 0.1) is 0 Å². The zero-order valence-electron chi connectivity index (χ0n) is 14.0. The predicted molar refractivity (Wildman–Crippen MR) is 90.2 cm³/mol. The fourth-order valence-electron chi connectivity index (χ4n) is 1.63. The lowest BCUT2D eigenvalue weighted by Crippen LogP contribution is -2.24. The molecule has 0 amide bonds. The SMILES string of the molecule is CCN(CC)CCCCC(=O)OC.CN.c1ccccc1. The number of rotatable bonds is 7. The number of nitrogens with zero attached hydrogens (tertiary/aromatic N) is 1. The first kappa shape index (κ1) is 21.9. The molecule has 1 rings (SSSR count). The summed E-state index contributed by atoms with van der Waals surface area (Å²) in [7, 11) is 2.94. The van der Waals surface area contributed by atoms with Crippen molar-refractivity contribution in [3.8, 4) is 0 Å². The van der Waals surface area contributed by atoms with E-state index < -0.39 is 0 Å². The van der Waals surface area contributed by atoms with Crippen LogP contribution in [0.5, 0.6) is 0 Å². The second-order valence-electron chi connectivity index (χ2n) is 4.21. The number of unbranched alkanes of at least 4 members (excludes halogenated alkanes) is 1. The summed E-state index contributed by atoms with van der Waals surface area (Å²) in [6.45, 7) is 7.58. The van der Waals surface area contributed by atoms with Gasteiger partial charge in [0.25, 0.3) is 0 Å². The van der Waals surface area contributed by atoms with Gasteiger partial charge in [0.2, 0.25) is 0 Å². The van der Waals surface area contributed by atoms with E-state index in [0.717, 1.165) is 32.5 Å². The molecule has 2 N–H and O–H groups in total. The van der Waals surface area contributed by atoms with Crippen molar-refractivity contribution >= 4 is 5.97 Å². The number of carbonyl (C=O) groups excluding carboxylic acids is 1. The summed E-state index contributed by atoms with van der Waals surface area (Å²) in [6.07, 6.45) is 2.57. The lowest BCUT2D eigenvalue weighted by atomic mass is 10.2. The third kappa shape index (κ3) is 16.6. The molecule has 0 saturated carbocycles. The van der Waals surface area contributed by atoms with Gasteiger partial charge in [-0.1, -0.05) is 50.2 Å². The highest BCUT2D eigenvalue weighted by Crippen LogP contribution is 1.99. The molecule has 1 aromatic carbocycles. The van der Waals surface area contributed by atoms with E-state index in [9.17, 15) is 4.79 Å². The summed E-state index contributed by atoms with van der Waals surface area (Å²) < 4.78 is 4.56. The van der Waals surface area contributed by atoms with Crippen molar-refractivity contribution in [3.05, 3.63) is 36.4 Å². The Morgan fingerprint density at radius 3 is 1.71 bits per heavy atom. The highest BCUT2D eigenvalue weighted by Gasteiger charge is 2.01. The van der Waals surface area contributed by atoms with Crippen LogP contribution in [0.15, 0.2) is 36.4 Å². The Hall–Kier alpha value is -1.39. The van der Waals surface area contributed by atoms with Crippen molar-refractivity contribution in [1.82, 2.24) is 4.90 Å². The van der Waals surface area contributed by atoms with Gasteiger partial charge in [0.15, 0.2) is 0 Å². The molecule has 4 nitrogen and oxygen atoms in total. The molecule has 0 bridgehead atoms. The van der Waals surface area contributed by atoms with Crippen LogP contribution >= 0.6 is 0 Å². The first-order chi connectivity index (χ1) is 10.2. The van der Waals surface area contributed by atoms with Crippen molar-refractivity contribution in [2.75, 3.05) is 33.8 Å². The van der Waals surface area contributed by atoms with E-state index in [1.807, 2.05) is 36.4 Å². The molecule has 0 radical (unpaired) electrons. The maximum atomic E-state index is 10.8. The lowest BCUT2D eigenvalue weighted by molar-refractivity contribution is -0.140. The molecule has 21 heavy (non-hydrogen) atoms. The molecule has 0 atom stereocenters. The van der Waals surface area contributed by atoms with Crippen LogP contribution < -0.4 is 5.73 Å². The van der Waals surface area contributed by atoms with Crippen LogP contribution in [0.25, 0.3) is 0 Å². The van der Waals surface area contributed by atoms with Crippen molar-refractivity contribution in [3.63, 3.8) is 0 Å². The molecule has 0 unspecified atom stereocenters. The Morgan fingerprint density at radius 1 is 0.952 bits per heavy atom. The zero-order chi connectivity index (χ0) is 16.3. The fraction of sp³-hybridized carbons (Fsp3) is 0.588. The average Bonchev–Trinajstić information content (AvgIpc) is 2.58.